The maximum atomic E-state index is 12.3. The molecule has 0 aliphatic carbocycles. The number of amides is 3. The lowest BCUT2D eigenvalue weighted by Crippen LogP contribution is -2.38. The van der Waals surface area contributed by atoms with Gasteiger partial charge in [0.1, 0.15) is 5.75 Å². The first-order chi connectivity index (χ1) is 16.3. The summed E-state index contributed by atoms with van der Waals surface area (Å²) in [6.45, 7) is 6.26. The SMILES string of the molecule is Cc1ccc(Cl)cc1NC(=O)COc1ccccc1/C=N\NC(=O)C(=O)NCCCOC(C)C. The molecule has 0 bridgehead atoms. The minimum Gasteiger partial charge on any atom is -0.483 e. The molecular formula is C24H29ClN4O5. The quantitative estimate of drug-likeness (QED) is 0.194. The normalized spacial score (nSPS) is 10.9. The van der Waals surface area contributed by atoms with Gasteiger partial charge in [-0.15, -0.1) is 0 Å². The number of benzene rings is 2. The van der Waals surface area contributed by atoms with Gasteiger partial charge in [0.2, 0.25) is 0 Å². The van der Waals surface area contributed by atoms with Gasteiger partial charge in [-0.05, 0) is 57.0 Å². The average Bonchev–Trinajstić information content (AvgIpc) is 2.80. The second-order valence-corrected chi connectivity index (χ2v) is 8.00. The minimum atomic E-state index is -0.893. The van der Waals surface area contributed by atoms with Crippen LogP contribution < -0.4 is 20.8 Å². The maximum Gasteiger partial charge on any atom is 0.329 e. The summed E-state index contributed by atoms with van der Waals surface area (Å²) in [4.78, 5) is 36.0. The first-order valence-electron chi connectivity index (χ1n) is 10.8. The molecule has 34 heavy (non-hydrogen) atoms. The average molecular weight is 489 g/mol. The van der Waals surface area contributed by atoms with E-state index in [2.05, 4.69) is 21.2 Å². The van der Waals surface area contributed by atoms with Gasteiger partial charge in [0, 0.05) is 29.4 Å². The highest BCUT2D eigenvalue weighted by Crippen LogP contribution is 2.20. The minimum absolute atomic E-state index is 0.113. The molecule has 0 aliphatic rings. The molecule has 3 N–H and O–H groups in total. The molecule has 0 aromatic heterocycles. The molecule has 0 saturated carbocycles. The molecule has 10 heteroatoms. The Labute approximate surface area is 203 Å². The van der Waals surface area contributed by atoms with Crippen LogP contribution in [-0.2, 0) is 19.1 Å². The van der Waals surface area contributed by atoms with Crippen molar-refractivity contribution in [3.63, 3.8) is 0 Å². The van der Waals surface area contributed by atoms with Crippen molar-refractivity contribution < 1.29 is 23.9 Å². The number of aryl methyl sites for hydroxylation is 1. The third-order valence-corrected chi connectivity index (χ3v) is 4.62. The first kappa shape index (κ1) is 26.8. The summed E-state index contributed by atoms with van der Waals surface area (Å²) in [5.74, 6) is -1.66. The largest absolute Gasteiger partial charge is 0.483 e. The number of nitrogens with one attached hydrogen (secondary N) is 3. The van der Waals surface area contributed by atoms with E-state index in [1.54, 1.807) is 42.5 Å². The van der Waals surface area contributed by atoms with Gasteiger partial charge >= 0.3 is 11.8 Å². The third-order valence-electron chi connectivity index (χ3n) is 4.39. The van der Waals surface area contributed by atoms with Gasteiger partial charge in [0.15, 0.2) is 6.61 Å². The number of anilines is 1. The molecule has 0 aliphatic heterocycles. The van der Waals surface area contributed by atoms with Crippen LogP contribution in [0.4, 0.5) is 5.69 Å². The zero-order valence-corrected chi connectivity index (χ0v) is 20.1. The zero-order chi connectivity index (χ0) is 24.9. The Morgan fingerprint density at radius 2 is 1.88 bits per heavy atom. The molecular weight excluding hydrogens is 460 g/mol. The summed E-state index contributed by atoms with van der Waals surface area (Å²) >= 11 is 5.98. The first-order valence-corrected chi connectivity index (χ1v) is 11.1. The molecule has 9 nitrogen and oxygen atoms in total. The van der Waals surface area contributed by atoms with E-state index in [1.165, 1.54) is 6.21 Å². The summed E-state index contributed by atoms with van der Waals surface area (Å²) in [6, 6.07) is 12.0. The number of carbonyl (C=O) groups excluding carboxylic acids is 3. The molecule has 0 fully saturated rings. The Bertz CT molecular complexity index is 1030. The molecule has 0 saturated heterocycles. The van der Waals surface area contributed by atoms with Crippen molar-refractivity contribution in [1.82, 2.24) is 10.7 Å². The van der Waals surface area contributed by atoms with Gasteiger partial charge in [-0.3, -0.25) is 14.4 Å². The molecule has 0 atom stereocenters. The highest BCUT2D eigenvalue weighted by Gasteiger charge is 2.12. The number of halogens is 1. The van der Waals surface area contributed by atoms with Gasteiger partial charge in [-0.2, -0.15) is 5.10 Å². The monoisotopic (exact) mass is 488 g/mol. The van der Waals surface area contributed by atoms with E-state index < -0.39 is 11.8 Å². The number of hydrazone groups is 1. The summed E-state index contributed by atoms with van der Waals surface area (Å²) in [7, 11) is 0. The van der Waals surface area contributed by atoms with Gasteiger partial charge < -0.3 is 20.1 Å². The Morgan fingerprint density at radius 3 is 2.65 bits per heavy atom. The highest BCUT2D eigenvalue weighted by molar-refractivity contribution is 6.35. The topological polar surface area (TPSA) is 118 Å². The van der Waals surface area contributed by atoms with Crippen LogP contribution in [0.2, 0.25) is 5.02 Å². The Balaban J connectivity index is 1.82. The highest BCUT2D eigenvalue weighted by atomic mass is 35.5. The molecule has 2 rings (SSSR count). The lowest BCUT2D eigenvalue weighted by Gasteiger charge is -2.11. The lowest BCUT2D eigenvalue weighted by molar-refractivity contribution is -0.139. The van der Waals surface area contributed by atoms with Gasteiger partial charge in [-0.25, -0.2) is 5.43 Å². The van der Waals surface area contributed by atoms with E-state index in [4.69, 9.17) is 21.1 Å². The fourth-order valence-corrected chi connectivity index (χ4v) is 2.83. The number of rotatable bonds is 11. The van der Waals surface area contributed by atoms with Crippen molar-refractivity contribution in [2.24, 2.45) is 5.10 Å². The van der Waals surface area contributed by atoms with Crippen LogP contribution in [-0.4, -0.2) is 49.8 Å². The summed E-state index contributed by atoms with van der Waals surface area (Å²) in [5, 5.41) is 9.56. The smallest absolute Gasteiger partial charge is 0.329 e. The van der Waals surface area contributed by atoms with Crippen molar-refractivity contribution >= 4 is 41.2 Å². The lowest BCUT2D eigenvalue weighted by atomic mass is 10.2. The second kappa shape index (κ2) is 14.0. The fraction of sp³-hybridized carbons (Fsp3) is 0.333. The van der Waals surface area contributed by atoms with E-state index in [-0.39, 0.29) is 18.6 Å². The molecule has 0 radical (unpaired) electrons. The van der Waals surface area contributed by atoms with Crippen LogP contribution in [0.5, 0.6) is 5.75 Å². The van der Waals surface area contributed by atoms with Crippen LogP contribution in [0, 0.1) is 6.92 Å². The molecule has 0 spiro atoms. The Hall–Kier alpha value is -3.43. The van der Waals surface area contributed by atoms with Crippen molar-refractivity contribution in [1.29, 1.82) is 0 Å². The van der Waals surface area contributed by atoms with E-state index in [0.717, 1.165) is 5.56 Å². The summed E-state index contributed by atoms with van der Waals surface area (Å²) in [5.41, 5.74) is 4.15. The second-order valence-electron chi connectivity index (χ2n) is 7.56. The van der Waals surface area contributed by atoms with Crippen LogP contribution in [0.25, 0.3) is 0 Å². The van der Waals surface area contributed by atoms with Crippen molar-refractivity contribution in [2.45, 2.75) is 33.3 Å². The molecule has 0 unspecified atom stereocenters. The van der Waals surface area contributed by atoms with Gasteiger partial charge in [0.05, 0.1) is 12.3 Å². The van der Waals surface area contributed by atoms with E-state index in [1.807, 2.05) is 20.8 Å². The van der Waals surface area contributed by atoms with Crippen molar-refractivity contribution in [3.8, 4) is 5.75 Å². The number of hydrogen-bond donors (Lipinski definition) is 3. The van der Waals surface area contributed by atoms with Crippen molar-refractivity contribution in [2.75, 3.05) is 25.1 Å². The molecule has 0 heterocycles. The van der Waals surface area contributed by atoms with Crippen LogP contribution in [0.1, 0.15) is 31.4 Å². The molecule has 3 amide bonds. The standard InChI is InChI=1S/C24H29ClN4O5/c1-16(2)33-12-6-11-26-23(31)24(32)29-27-14-18-7-4-5-8-21(18)34-15-22(30)28-20-13-19(25)10-9-17(20)3/h4-5,7-10,13-14,16H,6,11-12,15H2,1-3H3,(H,26,31)(H,28,30)(H,29,32)/b27-14-. The fourth-order valence-electron chi connectivity index (χ4n) is 2.66. The van der Waals surface area contributed by atoms with E-state index >= 15 is 0 Å². The molecule has 2 aromatic carbocycles. The number of hydrogen-bond acceptors (Lipinski definition) is 6. The van der Waals surface area contributed by atoms with E-state index in [9.17, 15) is 14.4 Å². The summed E-state index contributed by atoms with van der Waals surface area (Å²) < 4.78 is 11.0. The predicted octanol–water partition coefficient (Wildman–Crippen LogP) is 3.05. The summed E-state index contributed by atoms with van der Waals surface area (Å²) in [6.07, 6.45) is 2.03. The zero-order valence-electron chi connectivity index (χ0n) is 19.4. The Kier molecular flexibility index (Phi) is 11.0. The Morgan fingerprint density at radius 1 is 1.12 bits per heavy atom. The van der Waals surface area contributed by atoms with Crippen molar-refractivity contribution in [3.05, 3.63) is 58.6 Å². The third kappa shape index (κ3) is 9.60. The number of para-hydroxylation sites is 1. The number of carbonyl (C=O) groups is 3. The predicted molar refractivity (Wildman–Crippen MR) is 131 cm³/mol. The molecule has 2 aromatic rings. The van der Waals surface area contributed by atoms with Crippen LogP contribution >= 0.6 is 11.6 Å². The van der Waals surface area contributed by atoms with Crippen LogP contribution in [0.15, 0.2) is 47.6 Å². The number of nitrogens with zero attached hydrogens (tertiary/aromatic N) is 1. The van der Waals surface area contributed by atoms with Gasteiger partial charge in [-0.1, -0.05) is 29.8 Å². The van der Waals surface area contributed by atoms with Gasteiger partial charge in [0.25, 0.3) is 5.91 Å². The maximum absolute atomic E-state index is 12.3. The van der Waals surface area contributed by atoms with E-state index in [0.29, 0.717) is 41.6 Å². The van der Waals surface area contributed by atoms with Crippen LogP contribution in [0.3, 0.4) is 0 Å². The number of ether oxygens (including phenoxy) is 2. The molecule has 182 valence electrons.